The third kappa shape index (κ3) is 4.24. The Morgan fingerprint density at radius 2 is 1.83 bits per heavy atom. The molecule has 0 N–H and O–H groups in total. The molecule has 0 bridgehead atoms. The highest BCUT2D eigenvalue weighted by atomic mass is 32.1. The summed E-state index contributed by atoms with van der Waals surface area (Å²) in [5.41, 5.74) is 1.14. The van der Waals surface area contributed by atoms with Gasteiger partial charge in [-0.05, 0) is 36.5 Å². The molecule has 2 aliphatic rings. The van der Waals surface area contributed by atoms with Crippen LogP contribution in [0.15, 0.2) is 24.3 Å². The van der Waals surface area contributed by atoms with Gasteiger partial charge in [0.05, 0.1) is 24.6 Å². The van der Waals surface area contributed by atoms with E-state index in [1.54, 1.807) is 11.3 Å². The van der Waals surface area contributed by atoms with Gasteiger partial charge in [0, 0.05) is 36.8 Å². The lowest BCUT2D eigenvalue weighted by atomic mass is 9.94. The topological polar surface area (TPSA) is 53.1 Å². The monoisotopic (exact) mass is 429 g/mol. The first-order chi connectivity index (χ1) is 14.6. The van der Waals surface area contributed by atoms with Crippen molar-refractivity contribution in [2.45, 2.75) is 26.2 Å². The number of benzene rings is 1. The molecule has 30 heavy (non-hydrogen) atoms. The number of rotatable bonds is 6. The summed E-state index contributed by atoms with van der Waals surface area (Å²) in [7, 11) is 0. The van der Waals surface area contributed by atoms with Gasteiger partial charge in [0.1, 0.15) is 0 Å². The Kier molecular flexibility index (Phi) is 6.71. The van der Waals surface area contributed by atoms with Gasteiger partial charge in [0.25, 0.3) is 5.91 Å². The van der Waals surface area contributed by atoms with Crippen LogP contribution >= 0.6 is 11.3 Å². The Labute approximate surface area is 182 Å². The molecule has 0 aliphatic carbocycles. The number of morpholine rings is 1. The van der Waals surface area contributed by atoms with Crippen LogP contribution in [0.4, 0.5) is 0 Å². The maximum Gasteiger partial charge on any atom is 0.264 e. The van der Waals surface area contributed by atoms with Crippen LogP contribution in [0.25, 0.3) is 10.1 Å². The van der Waals surface area contributed by atoms with Crippen LogP contribution in [0, 0.1) is 0 Å². The Morgan fingerprint density at radius 1 is 1.10 bits per heavy atom. The third-order valence-corrected chi connectivity index (χ3v) is 7.50. The molecule has 0 radical (unpaired) electrons. The van der Waals surface area contributed by atoms with Crippen LogP contribution < -0.4 is 0 Å². The van der Waals surface area contributed by atoms with Gasteiger partial charge in [-0.1, -0.05) is 32.0 Å². The molecule has 1 aromatic carbocycles. The molecular weight excluding hydrogens is 398 g/mol. The highest BCUT2D eigenvalue weighted by Crippen LogP contribution is 2.40. The van der Waals surface area contributed by atoms with Crippen LogP contribution in [0.2, 0.25) is 0 Å². The highest BCUT2D eigenvalue weighted by molar-refractivity contribution is 7.21. The number of amides is 2. The van der Waals surface area contributed by atoms with E-state index in [-0.39, 0.29) is 17.7 Å². The number of hydrogen-bond donors (Lipinski definition) is 0. The summed E-state index contributed by atoms with van der Waals surface area (Å²) in [5.74, 6) is 0.519. The number of thiophene rings is 1. The van der Waals surface area contributed by atoms with E-state index >= 15 is 0 Å². The normalized spacial score (nSPS) is 19.8. The van der Waals surface area contributed by atoms with Crippen molar-refractivity contribution < 1.29 is 14.3 Å². The maximum absolute atomic E-state index is 13.4. The zero-order chi connectivity index (χ0) is 21.1. The molecule has 1 unspecified atom stereocenters. The molecule has 7 heteroatoms. The summed E-state index contributed by atoms with van der Waals surface area (Å²) < 4.78 is 6.58. The Bertz CT molecular complexity index is 902. The molecule has 162 valence electrons. The number of likely N-dealkylation sites (N-methyl/N-ethyl adjacent to an activating group) is 1. The smallest absolute Gasteiger partial charge is 0.264 e. The second-order valence-electron chi connectivity index (χ2n) is 8.03. The first kappa shape index (κ1) is 21.3. The molecule has 1 atom stereocenters. The van der Waals surface area contributed by atoms with Gasteiger partial charge in [-0.15, -0.1) is 11.3 Å². The van der Waals surface area contributed by atoms with E-state index in [1.807, 2.05) is 21.9 Å². The molecule has 3 heterocycles. The number of ether oxygens (including phenoxy) is 1. The first-order valence-electron chi connectivity index (χ1n) is 11.0. The van der Waals surface area contributed by atoms with Gasteiger partial charge in [-0.2, -0.15) is 0 Å². The van der Waals surface area contributed by atoms with Gasteiger partial charge in [-0.25, -0.2) is 0 Å². The number of carbonyl (C=O) groups is 2. The van der Waals surface area contributed by atoms with E-state index in [0.29, 0.717) is 39.4 Å². The van der Waals surface area contributed by atoms with Crippen molar-refractivity contribution >= 4 is 33.2 Å². The van der Waals surface area contributed by atoms with Crippen LogP contribution in [0.5, 0.6) is 0 Å². The predicted octanol–water partition coefficient (Wildman–Crippen LogP) is 3.03. The molecule has 2 amide bonds. The molecule has 2 aliphatic heterocycles. The Balaban J connectivity index is 1.59. The van der Waals surface area contributed by atoms with Crippen LogP contribution in [0.3, 0.4) is 0 Å². The largest absolute Gasteiger partial charge is 0.378 e. The fourth-order valence-electron chi connectivity index (χ4n) is 4.50. The number of hydrogen-bond acceptors (Lipinski definition) is 5. The van der Waals surface area contributed by atoms with E-state index in [4.69, 9.17) is 4.74 Å². The van der Waals surface area contributed by atoms with Gasteiger partial charge >= 0.3 is 0 Å². The van der Waals surface area contributed by atoms with Crippen molar-refractivity contribution in [3.05, 3.63) is 34.7 Å². The molecule has 4 rings (SSSR count). The fraction of sp³-hybridized carbons (Fsp3) is 0.565. The summed E-state index contributed by atoms with van der Waals surface area (Å²) >= 11 is 1.60. The summed E-state index contributed by atoms with van der Waals surface area (Å²) in [5, 5.41) is 1.17. The number of fused-ring (bicyclic) bond motifs is 1. The highest BCUT2D eigenvalue weighted by Gasteiger charge is 2.34. The van der Waals surface area contributed by atoms with Gasteiger partial charge in [-0.3, -0.25) is 14.5 Å². The zero-order valence-corrected chi connectivity index (χ0v) is 18.7. The second-order valence-corrected chi connectivity index (χ2v) is 9.08. The van der Waals surface area contributed by atoms with Crippen molar-refractivity contribution in [2.24, 2.45) is 0 Å². The van der Waals surface area contributed by atoms with E-state index in [9.17, 15) is 9.59 Å². The molecule has 2 aromatic rings. The predicted molar refractivity (Wildman–Crippen MR) is 120 cm³/mol. The minimum atomic E-state index is 0.113. The Morgan fingerprint density at radius 3 is 2.57 bits per heavy atom. The average molecular weight is 430 g/mol. The van der Waals surface area contributed by atoms with Crippen LogP contribution in [-0.4, -0.2) is 85.5 Å². The van der Waals surface area contributed by atoms with Gasteiger partial charge in [0.2, 0.25) is 5.91 Å². The van der Waals surface area contributed by atoms with Crippen molar-refractivity contribution in [2.75, 3.05) is 59.0 Å². The molecule has 6 nitrogen and oxygen atoms in total. The fourth-order valence-corrected chi connectivity index (χ4v) is 5.76. The van der Waals surface area contributed by atoms with Gasteiger partial charge in [0.15, 0.2) is 0 Å². The molecule has 0 saturated carbocycles. The SMILES string of the molecule is CCN(CC)CC(=O)N1CCC(c2c(C(=O)N3CCOCC3)sc3ccccc23)C1. The molecule has 1 aromatic heterocycles. The molecule has 0 spiro atoms. The minimum Gasteiger partial charge on any atom is -0.378 e. The zero-order valence-electron chi connectivity index (χ0n) is 17.9. The standard InChI is InChI=1S/C23H31N3O3S/c1-3-24(4-2)16-20(27)26-10-9-17(15-26)21-18-7-5-6-8-19(18)30-22(21)23(28)25-11-13-29-14-12-25/h5-8,17H,3-4,9-16H2,1-2H3. The average Bonchev–Trinajstić information content (AvgIpc) is 3.42. The number of nitrogens with zero attached hydrogens (tertiary/aromatic N) is 3. The number of likely N-dealkylation sites (tertiary alicyclic amines) is 1. The first-order valence-corrected chi connectivity index (χ1v) is 11.8. The summed E-state index contributed by atoms with van der Waals surface area (Å²) in [4.78, 5) is 33.1. The Hall–Kier alpha value is -1.96. The van der Waals surface area contributed by atoms with Crippen molar-refractivity contribution in [1.29, 1.82) is 0 Å². The van der Waals surface area contributed by atoms with E-state index < -0.39 is 0 Å². The van der Waals surface area contributed by atoms with Crippen molar-refractivity contribution in [3.8, 4) is 0 Å². The molecule has 2 fully saturated rings. The van der Waals surface area contributed by atoms with Crippen molar-refractivity contribution in [1.82, 2.24) is 14.7 Å². The summed E-state index contributed by atoms with van der Waals surface area (Å²) in [6.07, 6.45) is 0.911. The summed E-state index contributed by atoms with van der Waals surface area (Å²) in [6.45, 7) is 10.4. The maximum atomic E-state index is 13.4. The molecular formula is C23H31N3O3S. The molecule has 2 saturated heterocycles. The summed E-state index contributed by atoms with van der Waals surface area (Å²) in [6, 6.07) is 8.29. The van der Waals surface area contributed by atoms with E-state index in [1.165, 1.54) is 5.39 Å². The van der Waals surface area contributed by atoms with Crippen LogP contribution in [-0.2, 0) is 9.53 Å². The third-order valence-electron chi connectivity index (χ3n) is 6.33. The number of carbonyl (C=O) groups excluding carboxylic acids is 2. The van der Waals surface area contributed by atoms with E-state index in [0.717, 1.165) is 41.2 Å². The van der Waals surface area contributed by atoms with Gasteiger partial charge < -0.3 is 14.5 Å². The van der Waals surface area contributed by atoms with Crippen molar-refractivity contribution in [3.63, 3.8) is 0 Å². The lowest BCUT2D eigenvalue weighted by molar-refractivity contribution is -0.131. The quantitative estimate of drug-likeness (QED) is 0.708. The lowest BCUT2D eigenvalue weighted by Crippen LogP contribution is -2.41. The second kappa shape index (κ2) is 9.45. The van der Waals surface area contributed by atoms with Crippen LogP contribution in [0.1, 0.15) is 41.4 Å². The lowest BCUT2D eigenvalue weighted by Gasteiger charge is -2.27. The van der Waals surface area contributed by atoms with E-state index in [2.05, 4.69) is 30.9 Å². The minimum absolute atomic E-state index is 0.113.